The first-order valence-corrected chi connectivity index (χ1v) is 7.30. The van der Waals surface area contributed by atoms with Crippen molar-refractivity contribution in [2.75, 3.05) is 19.6 Å². The van der Waals surface area contributed by atoms with Crippen LogP contribution in [0.5, 0.6) is 0 Å². The molecule has 1 saturated heterocycles. The van der Waals surface area contributed by atoms with E-state index in [0.29, 0.717) is 25.3 Å². The summed E-state index contributed by atoms with van der Waals surface area (Å²) >= 11 is 0. The minimum Gasteiger partial charge on any atom is -0.481 e. The van der Waals surface area contributed by atoms with Gasteiger partial charge in [0.1, 0.15) is 0 Å². The molecular weight excluding hydrogens is 244 g/mol. The number of hydrogen-bond acceptors (Lipinski definition) is 2. The van der Waals surface area contributed by atoms with Gasteiger partial charge < -0.3 is 15.3 Å². The first kappa shape index (κ1) is 15.8. The Morgan fingerprint density at radius 3 is 2.84 bits per heavy atom. The van der Waals surface area contributed by atoms with Gasteiger partial charge >= 0.3 is 12.0 Å². The third-order valence-electron chi connectivity index (χ3n) is 3.78. The number of likely N-dealkylation sites (tertiary alicyclic amines) is 1. The molecule has 19 heavy (non-hydrogen) atoms. The van der Waals surface area contributed by atoms with Gasteiger partial charge in [0, 0.05) is 19.6 Å². The average molecular weight is 270 g/mol. The minimum absolute atomic E-state index is 0.00146. The van der Waals surface area contributed by atoms with E-state index in [2.05, 4.69) is 12.2 Å². The zero-order chi connectivity index (χ0) is 14.3. The van der Waals surface area contributed by atoms with Gasteiger partial charge in [-0.25, -0.2) is 4.79 Å². The van der Waals surface area contributed by atoms with Gasteiger partial charge in [-0.15, -0.1) is 0 Å². The zero-order valence-corrected chi connectivity index (χ0v) is 12.0. The summed E-state index contributed by atoms with van der Waals surface area (Å²) in [4.78, 5) is 24.4. The van der Waals surface area contributed by atoms with E-state index in [1.54, 1.807) is 6.92 Å². The molecule has 0 bridgehead atoms. The number of carboxylic acids is 1. The van der Waals surface area contributed by atoms with Crippen LogP contribution in [0.15, 0.2) is 0 Å². The van der Waals surface area contributed by atoms with Gasteiger partial charge in [0.25, 0.3) is 0 Å². The van der Waals surface area contributed by atoms with Crippen molar-refractivity contribution in [2.24, 2.45) is 11.8 Å². The van der Waals surface area contributed by atoms with E-state index in [1.165, 1.54) is 12.8 Å². The Labute approximate surface area is 115 Å². The molecule has 110 valence electrons. The van der Waals surface area contributed by atoms with Crippen LogP contribution in [0.3, 0.4) is 0 Å². The molecule has 1 heterocycles. The molecule has 0 aromatic rings. The van der Waals surface area contributed by atoms with Crippen molar-refractivity contribution < 1.29 is 14.7 Å². The second kappa shape index (κ2) is 8.02. The van der Waals surface area contributed by atoms with Crippen LogP contribution in [-0.2, 0) is 4.79 Å². The highest BCUT2D eigenvalue weighted by atomic mass is 16.4. The maximum atomic E-state index is 11.9. The lowest BCUT2D eigenvalue weighted by molar-refractivity contribution is -0.141. The van der Waals surface area contributed by atoms with Crippen LogP contribution in [-0.4, -0.2) is 41.6 Å². The molecule has 0 spiro atoms. The second-order valence-corrected chi connectivity index (χ2v) is 5.50. The maximum absolute atomic E-state index is 11.9. The van der Waals surface area contributed by atoms with Gasteiger partial charge in [-0.3, -0.25) is 4.79 Å². The van der Waals surface area contributed by atoms with E-state index in [0.717, 1.165) is 19.5 Å². The van der Waals surface area contributed by atoms with Crippen LogP contribution >= 0.6 is 0 Å². The lowest BCUT2D eigenvalue weighted by Crippen LogP contribution is -2.39. The summed E-state index contributed by atoms with van der Waals surface area (Å²) in [5, 5.41) is 11.6. The number of rotatable bonds is 7. The van der Waals surface area contributed by atoms with Crippen molar-refractivity contribution in [1.29, 1.82) is 0 Å². The van der Waals surface area contributed by atoms with E-state index in [9.17, 15) is 9.59 Å². The van der Waals surface area contributed by atoms with Gasteiger partial charge in [-0.1, -0.05) is 20.3 Å². The second-order valence-electron chi connectivity index (χ2n) is 5.50. The molecule has 2 unspecified atom stereocenters. The standard InChI is InChI=1S/C14H26N2O3/c1-3-5-12-7-9-16(10-12)14(19)15-8-4-6-11(2)13(17)18/h11-12H,3-10H2,1-2H3,(H,15,19)(H,17,18). The van der Waals surface area contributed by atoms with Crippen molar-refractivity contribution in [2.45, 2.75) is 46.0 Å². The molecule has 2 atom stereocenters. The number of hydrogen-bond donors (Lipinski definition) is 2. The van der Waals surface area contributed by atoms with Gasteiger partial charge in [-0.05, 0) is 31.6 Å². The van der Waals surface area contributed by atoms with Gasteiger partial charge in [-0.2, -0.15) is 0 Å². The highest BCUT2D eigenvalue weighted by molar-refractivity contribution is 5.74. The topological polar surface area (TPSA) is 69.6 Å². The smallest absolute Gasteiger partial charge is 0.317 e. The van der Waals surface area contributed by atoms with E-state index in [1.807, 2.05) is 4.90 Å². The first-order chi connectivity index (χ1) is 9.04. The van der Waals surface area contributed by atoms with Crippen molar-refractivity contribution >= 4 is 12.0 Å². The number of urea groups is 1. The molecular formula is C14H26N2O3. The van der Waals surface area contributed by atoms with Crippen molar-refractivity contribution in [3.8, 4) is 0 Å². The Morgan fingerprint density at radius 1 is 1.47 bits per heavy atom. The fourth-order valence-corrected chi connectivity index (χ4v) is 2.50. The van der Waals surface area contributed by atoms with Crippen LogP contribution in [0.2, 0.25) is 0 Å². The summed E-state index contributed by atoms with van der Waals surface area (Å²) in [6, 6.07) is 0.00146. The molecule has 0 aromatic carbocycles. The summed E-state index contributed by atoms with van der Waals surface area (Å²) in [7, 11) is 0. The molecule has 0 aliphatic carbocycles. The Bertz CT molecular complexity index is 307. The monoisotopic (exact) mass is 270 g/mol. The molecule has 5 heteroatoms. The third-order valence-corrected chi connectivity index (χ3v) is 3.78. The van der Waals surface area contributed by atoms with E-state index in [4.69, 9.17) is 5.11 Å². The highest BCUT2D eigenvalue weighted by Crippen LogP contribution is 2.20. The zero-order valence-electron chi connectivity index (χ0n) is 12.0. The van der Waals surface area contributed by atoms with E-state index >= 15 is 0 Å². The van der Waals surface area contributed by atoms with Crippen molar-refractivity contribution in [3.05, 3.63) is 0 Å². The molecule has 0 saturated carbocycles. The van der Waals surface area contributed by atoms with Crippen LogP contribution in [0.25, 0.3) is 0 Å². The van der Waals surface area contributed by atoms with Crippen LogP contribution in [0.1, 0.15) is 46.0 Å². The molecule has 0 aromatic heterocycles. The normalized spacial score (nSPS) is 20.3. The summed E-state index contributed by atoms with van der Waals surface area (Å²) in [5.74, 6) is -0.450. The Hall–Kier alpha value is -1.26. The number of nitrogens with one attached hydrogen (secondary N) is 1. The molecule has 2 amide bonds. The first-order valence-electron chi connectivity index (χ1n) is 7.30. The number of aliphatic carboxylic acids is 1. The van der Waals surface area contributed by atoms with Gasteiger partial charge in [0.2, 0.25) is 0 Å². The fraction of sp³-hybridized carbons (Fsp3) is 0.857. The molecule has 1 aliphatic rings. The van der Waals surface area contributed by atoms with Crippen LogP contribution in [0.4, 0.5) is 4.79 Å². The maximum Gasteiger partial charge on any atom is 0.317 e. The van der Waals surface area contributed by atoms with Crippen LogP contribution in [0, 0.1) is 11.8 Å². The molecule has 5 nitrogen and oxygen atoms in total. The Morgan fingerprint density at radius 2 is 2.21 bits per heavy atom. The number of amides is 2. The molecule has 0 radical (unpaired) electrons. The highest BCUT2D eigenvalue weighted by Gasteiger charge is 2.25. The van der Waals surface area contributed by atoms with Crippen LogP contribution < -0.4 is 5.32 Å². The number of carbonyl (C=O) groups is 2. The molecule has 1 aliphatic heterocycles. The summed E-state index contributed by atoms with van der Waals surface area (Å²) < 4.78 is 0. The van der Waals surface area contributed by atoms with Crippen molar-refractivity contribution in [3.63, 3.8) is 0 Å². The third kappa shape index (κ3) is 5.49. The predicted molar refractivity (Wildman–Crippen MR) is 74.0 cm³/mol. The SMILES string of the molecule is CCCC1CCN(C(=O)NCCCC(C)C(=O)O)C1. The molecule has 1 fully saturated rings. The Balaban J connectivity index is 2.13. The largest absolute Gasteiger partial charge is 0.481 e. The van der Waals surface area contributed by atoms with E-state index < -0.39 is 5.97 Å². The fourth-order valence-electron chi connectivity index (χ4n) is 2.50. The Kier molecular flexibility index (Phi) is 6.67. The minimum atomic E-state index is -0.770. The lowest BCUT2D eigenvalue weighted by atomic mass is 10.0. The quantitative estimate of drug-likeness (QED) is 0.697. The van der Waals surface area contributed by atoms with Gasteiger partial charge in [0.15, 0.2) is 0 Å². The van der Waals surface area contributed by atoms with E-state index in [-0.39, 0.29) is 11.9 Å². The molecule has 1 rings (SSSR count). The summed E-state index contributed by atoms with van der Waals surface area (Å²) in [5.41, 5.74) is 0. The molecule has 2 N–H and O–H groups in total. The summed E-state index contributed by atoms with van der Waals surface area (Å²) in [6.45, 7) is 6.14. The number of nitrogens with zero attached hydrogens (tertiary/aromatic N) is 1. The van der Waals surface area contributed by atoms with Crippen molar-refractivity contribution in [1.82, 2.24) is 10.2 Å². The number of carbonyl (C=O) groups excluding carboxylic acids is 1. The van der Waals surface area contributed by atoms with Gasteiger partial charge in [0.05, 0.1) is 5.92 Å². The lowest BCUT2D eigenvalue weighted by Gasteiger charge is -2.17. The number of carboxylic acid groups (broad SMARTS) is 1. The predicted octanol–water partition coefficient (Wildman–Crippen LogP) is 2.32. The summed E-state index contributed by atoms with van der Waals surface area (Å²) in [6.07, 6.45) is 4.80. The average Bonchev–Trinajstić information content (AvgIpc) is 2.83.